The zero-order valence-corrected chi connectivity index (χ0v) is 12.0. The van der Waals surface area contributed by atoms with Gasteiger partial charge < -0.3 is 4.74 Å². The van der Waals surface area contributed by atoms with E-state index < -0.39 is 0 Å². The quantitative estimate of drug-likeness (QED) is 0.668. The van der Waals surface area contributed by atoms with Gasteiger partial charge in [0.25, 0.3) is 5.56 Å². The Morgan fingerprint density at radius 1 is 1.35 bits per heavy atom. The smallest absolute Gasteiger partial charge is 0.280 e. The van der Waals surface area contributed by atoms with E-state index in [9.17, 15) is 4.79 Å². The molecule has 1 N–H and O–H groups in total. The molecular weight excluding hydrogens is 254 g/mol. The molecule has 0 unspecified atom stereocenters. The lowest BCUT2D eigenvalue weighted by Gasteiger charge is -1.99. The number of nitrogens with one attached hydrogen (secondary N) is 1. The number of para-hydroxylation sites is 1. The summed E-state index contributed by atoms with van der Waals surface area (Å²) in [6, 6.07) is 9.49. The summed E-state index contributed by atoms with van der Waals surface area (Å²) in [6.07, 6.45) is 0. The zero-order chi connectivity index (χ0) is 14.5. The summed E-state index contributed by atoms with van der Waals surface area (Å²) in [7, 11) is 1.63. The van der Waals surface area contributed by atoms with E-state index in [1.807, 2.05) is 44.2 Å². The number of rotatable bonds is 5. The normalized spacial score (nSPS) is 11.8. The van der Waals surface area contributed by atoms with Crippen molar-refractivity contribution < 1.29 is 4.74 Å². The highest BCUT2D eigenvalue weighted by Crippen LogP contribution is 2.07. The van der Waals surface area contributed by atoms with Crippen molar-refractivity contribution in [2.24, 2.45) is 4.99 Å². The molecule has 1 heterocycles. The summed E-state index contributed by atoms with van der Waals surface area (Å²) >= 11 is 0. The van der Waals surface area contributed by atoms with Crippen molar-refractivity contribution in [3.8, 4) is 5.69 Å². The first-order chi connectivity index (χ1) is 9.65. The Labute approximate surface area is 117 Å². The van der Waals surface area contributed by atoms with Gasteiger partial charge in [-0.15, -0.1) is 0 Å². The third kappa shape index (κ3) is 2.88. The lowest BCUT2D eigenvalue weighted by Crippen LogP contribution is -2.20. The number of ether oxygens (including phenoxy) is 1. The zero-order valence-electron chi connectivity index (χ0n) is 12.0. The van der Waals surface area contributed by atoms with Crippen molar-refractivity contribution in [1.82, 2.24) is 9.78 Å². The van der Waals surface area contributed by atoms with Crippen molar-refractivity contribution in [3.05, 3.63) is 51.9 Å². The number of benzene rings is 1. The predicted octanol–water partition coefficient (Wildman–Crippen LogP) is 1.93. The predicted molar refractivity (Wildman–Crippen MR) is 80.1 cm³/mol. The van der Waals surface area contributed by atoms with Crippen LogP contribution in [-0.2, 0) is 4.74 Å². The summed E-state index contributed by atoms with van der Waals surface area (Å²) < 4.78 is 6.51. The molecule has 0 radical (unpaired) electrons. The minimum absolute atomic E-state index is 0.0765. The molecule has 1 aromatic heterocycles. The van der Waals surface area contributed by atoms with Crippen LogP contribution in [0.5, 0.6) is 0 Å². The average Bonchev–Trinajstić information content (AvgIpc) is 2.75. The van der Waals surface area contributed by atoms with E-state index in [0.29, 0.717) is 18.7 Å². The molecule has 0 atom stereocenters. The Bertz CT molecular complexity index is 654. The van der Waals surface area contributed by atoms with Crippen LogP contribution in [0.4, 0.5) is 0 Å². The molecule has 0 fully saturated rings. The van der Waals surface area contributed by atoms with Crippen molar-refractivity contribution in [2.45, 2.75) is 13.8 Å². The first-order valence-corrected chi connectivity index (χ1v) is 6.52. The van der Waals surface area contributed by atoms with Crippen molar-refractivity contribution in [1.29, 1.82) is 0 Å². The second kappa shape index (κ2) is 6.34. The van der Waals surface area contributed by atoms with Gasteiger partial charge in [0.1, 0.15) is 0 Å². The van der Waals surface area contributed by atoms with Crippen LogP contribution in [0.15, 0.2) is 40.1 Å². The number of aryl methyl sites for hydroxylation is 1. The first-order valence-electron chi connectivity index (χ1n) is 6.52. The van der Waals surface area contributed by atoms with Gasteiger partial charge in [-0.25, -0.2) is 4.68 Å². The van der Waals surface area contributed by atoms with E-state index in [0.717, 1.165) is 17.1 Å². The molecule has 106 valence electrons. The Balaban J connectivity index is 2.40. The molecule has 0 bridgehead atoms. The SMILES string of the molecule is COCCN=C(C)c1c(C)[nH]n(-c2ccccc2)c1=O. The molecule has 1 aromatic carbocycles. The molecule has 0 saturated carbocycles. The number of hydrogen-bond acceptors (Lipinski definition) is 3. The lowest BCUT2D eigenvalue weighted by atomic mass is 10.2. The van der Waals surface area contributed by atoms with Crippen LogP contribution < -0.4 is 5.56 Å². The third-order valence-corrected chi connectivity index (χ3v) is 3.09. The number of H-pyrrole nitrogens is 1. The number of aliphatic imine (C=N–C) groups is 1. The van der Waals surface area contributed by atoms with Gasteiger partial charge in [-0.05, 0) is 26.0 Å². The van der Waals surface area contributed by atoms with Gasteiger partial charge >= 0.3 is 0 Å². The summed E-state index contributed by atoms with van der Waals surface area (Å²) in [6.45, 7) is 4.83. The summed E-state index contributed by atoms with van der Waals surface area (Å²) in [5.41, 5.74) is 2.92. The van der Waals surface area contributed by atoms with E-state index in [2.05, 4.69) is 10.1 Å². The minimum Gasteiger partial charge on any atom is -0.383 e. The summed E-state index contributed by atoms with van der Waals surface area (Å²) in [5.74, 6) is 0. The van der Waals surface area contributed by atoms with Gasteiger partial charge in [-0.1, -0.05) is 18.2 Å². The number of nitrogens with zero attached hydrogens (tertiary/aromatic N) is 2. The van der Waals surface area contributed by atoms with Crippen LogP contribution >= 0.6 is 0 Å². The standard InChI is InChI=1S/C15H19N3O2/c1-11(16-9-10-20-3)14-12(2)17-18(15(14)19)13-7-5-4-6-8-13/h4-8,17H,9-10H2,1-3H3. The highest BCUT2D eigenvalue weighted by Gasteiger charge is 2.14. The van der Waals surface area contributed by atoms with E-state index >= 15 is 0 Å². The van der Waals surface area contributed by atoms with Crippen molar-refractivity contribution >= 4 is 5.71 Å². The van der Waals surface area contributed by atoms with Crippen LogP contribution in [0.1, 0.15) is 18.2 Å². The van der Waals surface area contributed by atoms with Crippen LogP contribution in [-0.4, -0.2) is 35.8 Å². The highest BCUT2D eigenvalue weighted by atomic mass is 16.5. The van der Waals surface area contributed by atoms with Crippen LogP contribution in [0, 0.1) is 6.92 Å². The third-order valence-electron chi connectivity index (χ3n) is 3.09. The molecule has 20 heavy (non-hydrogen) atoms. The lowest BCUT2D eigenvalue weighted by molar-refractivity contribution is 0.208. The van der Waals surface area contributed by atoms with Gasteiger partial charge in [-0.3, -0.25) is 14.9 Å². The molecule has 0 amide bonds. The second-order valence-corrected chi connectivity index (χ2v) is 4.55. The number of aromatic amines is 1. The van der Waals surface area contributed by atoms with Crippen LogP contribution in [0.25, 0.3) is 5.69 Å². The van der Waals surface area contributed by atoms with Crippen LogP contribution in [0.3, 0.4) is 0 Å². The Hall–Kier alpha value is -2.14. The van der Waals surface area contributed by atoms with Crippen molar-refractivity contribution in [2.75, 3.05) is 20.3 Å². The van der Waals surface area contributed by atoms with Gasteiger partial charge in [0, 0.05) is 18.5 Å². The molecule has 0 aliphatic rings. The molecule has 2 aromatic rings. The molecular formula is C15H19N3O2. The van der Waals surface area contributed by atoms with E-state index in [1.165, 1.54) is 0 Å². The Morgan fingerprint density at radius 2 is 2.05 bits per heavy atom. The number of hydrogen-bond donors (Lipinski definition) is 1. The Morgan fingerprint density at radius 3 is 2.70 bits per heavy atom. The number of aromatic nitrogens is 2. The molecule has 0 aliphatic carbocycles. The van der Waals surface area contributed by atoms with Crippen LogP contribution in [0.2, 0.25) is 0 Å². The van der Waals surface area contributed by atoms with Gasteiger partial charge in [0.05, 0.1) is 24.4 Å². The molecule has 0 saturated heterocycles. The topological polar surface area (TPSA) is 59.4 Å². The van der Waals surface area contributed by atoms with E-state index in [-0.39, 0.29) is 5.56 Å². The van der Waals surface area contributed by atoms with Gasteiger partial charge in [0.15, 0.2) is 0 Å². The fraction of sp³-hybridized carbons (Fsp3) is 0.333. The largest absolute Gasteiger partial charge is 0.383 e. The summed E-state index contributed by atoms with van der Waals surface area (Å²) in [5, 5.41) is 3.09. The fourth-order valence-corrected chi connectivity index (χ4v) is 2.12. The van der Waals surface area contributed by atoms with Crippen molar-refractivity contribution in [3.63, 3.8) is 0 Å². The molecule has 5 nitrogen and oxygen atoms in total. The maximum Gasteiger partial charge on any atom is 0.280 e. The van der Waals surface area contributed by atoms with E-state index in [1.54, 1.807) is 11.8 Å². The molecule has 0 spiro atoms. The first kappa shape index (κ1) is 14.3. The summed E-state index contributed by atoms with van der Waals surface area (Å²) in [4.78, 5) is 16.9. The fourth-order valence-electron chi connectivity index (χ4n) is 2.12. The highest BCUT2D eigenvalue weighted by molar-refractivity contribution is 5.99. The molecule has 0 aliphatic heterocycles. The maximum absolute atomic E-state index is 12.5. The minimum atomic E-state index is -0.0765. The monoisotopic (exact) mass is 273 g/mol. The average molecular weight is 273 g/mol. The Kier molecular flexibility index (Phi) is 4.53. The second-order valence-electron chi connectivity index (χ2n) is 4.55. The van der Waals surface area contributed by atoms with E-state index in [4.69, 9.17) is 4.74 Å². The number of methoxy groups -OCH3 is 1. The molecule has 2 rings (SSSR count). The maximum atomic E-state index is 12.5. The van der Waals surface area contributed by atoms with Gasteiger partial charge in [-0.2, -0.15) is 0 Å². The van der Waals surface area contributed by atoms with Gasteiger partial charge in [0.2, 0.25) is 0 Å². The molecule has 5 heteroatoms.